The highest BCUT2D eigenvalue weighted by Gasteiger charge is 2.18. The van der Waals surface area contributed by atoms with Crippen LogP contribution in [0.1, 0.15) is 59.1 Å². The molecule has 108 valence electrons. The van der Waals surface area contributed by atoms with Crippen LogP contribution in [0.15, 0.2) is 12.4 Å². The summed E-state index contributed by atoms with van der Waals surface area (Å²) in [7, 11) is 0. The molecule has 4 heteroatoms. The number of aromatic nitrogens is 2. The molecule has 0 aromatic carbocycles. The van der Waals surface area contributed by atoms with Crippen LogP contribution < -0.4 is 10.1 Å². The zero-order chi connectivity index (χ0) is 14.3. The van der Waals surface area contributed by atoms with Gasteiger partial charge >= 0.3 is 0 Å². The number of nitrogens with one attached hydrogen (secondary N) is 1. The summed E-state index contributed by atoms with van der Waals surface area (Å²) in [5.41, 5.74) is 1.04. The fourth-order valence-electron chi connectivity index (χ4n) is 2.12. The Morgan fingerprint density at radius 3 is 2.53 bits per heavy atom. The third-order valence-electron chi connectivity index (χ3n) is 3.19. The van der Waals surface area contributed by atoms with Crippen molar-refractivity contribution in [3.8, 4) is 5.88 Å². The summed E-state index contributed by atoms with van der Waals surface area (Å²) in [6.45, 7) is 11.6. The Kier molecular flexibility index (Phi) is 6.78. The van der Waals surface area contributed by atoms with Gasteiger partial charge in [-0.25, -0.2) is 9.97 Å². The second-order valence-corrected chi connectivity index (χ2v) is 5.21. The summed E-state index contributed by atoms with van der Waals surface area (Å²) >= 11 is 0. The van der Waals surface area contributed by atoms with E-state index in [1.807, 2.05) is 19.9 Å². The van der Waals surface area contributed by atoms with Crippen molar-refractivity contribution in [3.05, 3.63) is 18.1 Å². The third kappa shape index (κ3) is 5.15. The van der Waals surface area contributed by atoms with E-state index >= 15 is 0 Å². The number of ether oxygens (including phenoxy) is 1. The van der Waals surface area contributed by atoms with Crippen molar-refractivity contribution in [1.29, 1.82) is 0 Å². The van der Waals surface area contributed by atoms with Gasteiger partial charge in [0.2, 0.25) is 5.88 Å². The van der Waals surface area contributed by atoms with Crippen LogP contribution in [0, 0.1) is 0 Å². The lowest BCUT2D eigenvalue weighted by atomic mass is 9.95. The lowest BCUT2D eigenvalue weighted by molar-refractivity contribution is 0.231. The van der Waals surface area contributed by atoms with E-state index in [2.05, 4.69) is 36.1 Å². The minimum Gasteiger partial charge on any atom is -0.475 e. The Morgan fingerprint density at radius 1 is 1.21 bits per heavy atom. The molecule has 0 spiro atoms. The van der Waals surface area contributed by atoms with Crippen LogP contribution in [-0.2, 0) is 0 Å². The van der Waals surface area contributed by atoms with E-state index < -0.39 is 0 Å². The largest absolute Gasteiger partial charge is 0.475 e. The molecule has 1 heterocycles. The Balaban J connectivity index is 2.76. The van der Waals surface area contributed by atoms with E-state index in [-0.39, 0.29) is 6.10 Å². The van der Waals surface area contributed by atoms with Crippen LogP contribution in [0.2, 0.25) is 0 Å². The van der Waals surface area contributed by atoms with Gasteiger partial charge in [-0.05, 0) is 33.2 Å². The summed E-state index contributed by atoms with van der Waals surface area (Å²) in [5, 5.41) is 3.58. The van der Waals surface area contributed by atoms with Gasteiger partial charge in [0.25, 0.3) is 0 Å². The second kappa shape index (κ2) is 8.10. The smallest absolute Gasteiger partial charge is 0.216 e. The van der Waals surface area contributed by atoms with Gasteiger partial charge in [0.05, 0.1) is 11.8 Å². The molecule has 1 aromatic rings. The van der Waals surface area contributed by atoms with Crippen LogP contribution in [0.4, 0.5) is 0 Å². The highest BCUT2D eigenvalue weighted by Crippen LogP contribution is 2.21. The standard InChI is InChI=1S/C15H27N3O/c1-6-8-16-13(7-2)12(5)14-9-15(18-10-17-14)19-11(3)4/h9-13,16H,6-8H2,1-5H3. The van der Waals surface area contributed by atoms with Crippen LogP contribution in [0.3, 0.4) is 0 Å². The van der Waals surface area contributed by atoms with Crippen LogP contribution in [-0.4, -0.2) is 28.7 Å². The normalized spacial score (nSPS) is 14.4. The topological polar surface area (TPSA) is 47.0 Å². The maximum atomic E-state index is 5.63. The Hall–Kier alpha value is -1.16. The summed E-state index contributed by atoms with van der Waals surface area (Å²) in [6, 6.07) is 2.41. The molecule has 0 saturated heterocycles. The van der Waals surface area contributed by atoms with Crippen molar-refractivity contribution in [2.24, 2.45) is 0 Å². The second-order valence-electron chi connectivity index (χ2n) is 5.21. The van der Waals surface area contributed by atoms with Crippen molar-refractivity contribution in [2.75, 3.05) is 6.54 Å². The molecule has 0 radical (unpaired) electrons. The Bertz CT molecular complexity index is 368. The molecule has 0 amide bonds. The first-order valence-corrected chi connectivity index (χ1v) is 7.30. The number of hydrogen-bond acceptors (Lipinski definition) is 4. The van der Waals surface area contributed by atoms with Gasteiger partial charge in [-0.1, -0.05) is 20.8 Å². The predicted molar refractivity (Wildman–Crippen MR) is 78.6 cm³/mol. The van der Waals surface area contributed by atoms with Gasteiger partial charge in [-0.3, -0.25) is 0 Å². The molecule has 0 fully saturated rings. The first-order chi connectivity index (χ1) is 9.08. The highest BCUT2D eigenvalue weighted by molar-refractivity contribution is 5.18. The van der Waals surface area contributed by atoms with E-state index in [0.717, 1.165) is 25.1 Å². The zero-order valence-electron chi connectivity index (χ0n) is 12.8. The summed E-state index contributed by atoms with van der Waals surface area (Å²) in [4.78, 5) is 8.55. The molecule has 2 atom stereocenters. The van der Waals surface area contributed by atoms with Crippen molar-refractivity contribution >= 4 is 0 Å². The van der Waals surface area contributed by atoms with Gasteiger partial charge in [-0.2, -0.15) is 0 Å². The fraction of sp³-hybridized carbons (Fsp3) is 0.733. The molecule has 1 aromatic heterocycles. The molecule has 0 aliphatic carbocycles. The lowest BCUT2D eigenvalue weighted by Gasteiger charge is -2.23. The van der Waals surface area contributed by atoms with Crippen molar-refractivity contribution in [2.45, 2.75) is 65.5 Å². The van der Waals surface area contributed by atoms with Crippen molar-refractivity contribution in [1.82, 2.24) is 15.3 Å². The van der Waals surface area contributed by atoms with Crippen LogP contribution in [0.25, 0.3) is 0 Å². The van der Waals surface area contributed by atoms with E-state index in [1.165, 1.54) is 0 Å². The highest BCUT2D eigenvalue weighted by atomic mass is 16.5. The average molecular weight is 265 g/mol. The maximum Gasteiger partial charge on any atom is 0.216 e. The fourth-order valence-corrected chi connectivity index (χ4v) is 2.12. The maximum absolute atomic E-state index is 5.63. The molecule has 0 aliphatic rings. The summed E-state index contributed by atoms with van der Waals surface area (Å²) < 4.78 is 5.63. The van der Waals surface area contributed by atoms with Gasteiger partial charge in [0.15, 0.2) is 0 Å². The number of nitrogens with zero attached hydrogens (tertiary/aromatic N) is 2. The van der Waals surface area contributed by atoms with Crippen LogP contribution in [0.5, 0.6) is 5.88 Å². The molecular weight excluding hydrogens is 238 g/mol. The van der Waals surface area contributed by atoms with Gasteiger partial charge < -0.3 is 10.1 Å². The van der Waals surface area contributed by atoms with E-state index in [0.29, 0.717) is 17.8 Å². The zero-order valence-corrected chi connectivity index (χ0v) is 12.8. The molecule has 0 saturated carbocycles. The Labute approximate surface area is 117 Å². The van der Waals surface area contributed by atoms with Gasteiger partial charge in [0.1, 0.15) is 6.33 Å². The average Bonchev–Trinajstić information content (AvgIpc) is 2.39. The van der Waals surface area contributed by atoms with E-state index in [4.69, 9.17) is 4.74 Å². The van der Waals surface area contributed by atoms with E-state index in [1.54, 1.807) is 6.33 Å². The number of hydrogen-bond donors (Lipinski definition) is 1. The summed E-state index contributed by atoms with van der Waals surface area (Å²) in [6.07, 6.45) is 3.97. The van der Waals surface area contributed by atoms with Crippen molar-refractivity contribution < 1.29 is 4.74 Å². The lowest BCUT2D eigenvalue weighted by Crippen LogP contribution is -2.34. The Morgan fingerprint density at radius 2 is 1.95 bits per heavy atom. The van der Waals surface area contributed by atoms with Gasteiger partial charge in [0, 0.05) is 18.0 Å². The monoisotopic (exact) mass is 265 g/mol. The molecule has 2 unspecified atom stereocenters. The number of rotatable bonds is 8. The third-order valence-corrected chi connectivity index (χ3v) is 3.19. The SMILES string of the molecule is CCCNC(CC)C(C)c1cc(OC(C)C)ncn1. The predicted octanol–water partition coefficient (Wildman–Crippen LogP) is 3.15. The molecule has 0 aliphatic heterocycles. The summed E-state index contributed by atoms with van der Waals surface area (Å²) in [5.74, 6) is 1.02. The van der Waals surface area contributed by atoms with E-state index in [9.17, 15) is 0 Å². The molecule has 4 nitrogen and oxygen atoms in total. The molecular formula is C15H27N3O. The van der Waals surface area contributed by atoms with Crippen LogP contribution >= 0.6 is 0 Å². The van der Waals surface area contributed by atoms with Gasteiger partial charge in [-0.15, -0.1) is 0 Å². The first-order valence-electron chi connectivity index (χ1n) is 7.30. The molecule has 1 rings (SSSR count). The molecule has 1 N–H and O–H groups in total. The minimum atomic E-state index is 0.137. The molecule has 19 heavy (non-hydrogen) atoms. The molecule has 0 bridgehead atoms. The first kappa shape index (κ1) is 15.9. The quantitative estimate of drug-likeness (QED) is 0.784. The minimum absolute atomic E-state index is 0.137. The van der Waals surface area contributed by atoms with Crippen molar-refractivity contribution in [3.63, 3.8) is 0 Å².